The molecule has 0 radical (unpaired) electrons. The number of nitrogens with zero attached hydrogens (tertiary/aromatic N) is 2. The van der Waals surface area contributed by atoms with Crippen molar-refractivity contribution in [3.05, 3.63) is 102 Å². The molecule has 202 valence electrons. The second-order valence-corrected chi connectivity index (χ2v) is 10.9. The first kappa shape index (κ1) is 29.0. The molecule has 6 nitrogen and oxygen atoms in total. The van der Waals surface area contributed by atoms with Crippen LogP contribution >= 0.6 is 49.9 Å². The number of aromatic nitrogens is 1. The smallest absolute Gasteiger partial charge is 0.416 e. The maximum atomic E-state index is 13.1. The normalized spacial score (nSPS) is 11.5. The van der Waals surface area contributed by atoms with Crippen LogP contribution in [0.25, 0.3) is 0 Å². The van der Waals surface area contributed by atoms with Crippen LogP contribution in [0.4, 0.5) is 28.4 Å². The summed E-state index contributed by atoms with van der Waals surface area (Å²) in [6, 6.07) is 14.4. The Morgan fingerprint density at radius 3 is 2.64 bits per heavy atom. The predicted octanol–water partition coefficient (Wildman–Crippen LogP) is 7.68. The molecule has 3 aromatic carbocycles. The van der Waals surface area contributed by atoms with Gasteiger partial charge in [0.05, 0.1) is 31.9 Å². The highest BCUT2D eigenvalue weighted by atomic mass is 127. The van der Waals surface area contributed by atoms with Gasteiger partial charge in [-0.1, -0.05) is 18.2 Å². The van der Waals surface area contributed by atoms with Crippen LogP contribution in [0.2, 0.25) is 0 Å². The number of alkyl halides is 3. The molecule has 0 saturated heterocycles. The first-order chi connectivity index (χ1) is 18.6. The van der Waals surface area contributed by atoms with E-state index >= 15 is 0 Å². The van der Waals surface area contributed by atoms with Gasteiger partial charge in [-0.25, -0.2) is 14.8 Å². The Bertz CT molecular complexity index is 1470. The lowest BCUT2D eigenvalue weighted by Gasteiger charge is -2.11. The van der Waals surface area contributed by atoms with E-state index < -0.39 is 17.6 Å². The third kappa shape index (κ3) is 8.47. The Kier molecular flexibility index (Phi) is 9.56. The quantitative estimate of drug-likeness (QED) is 0.0802. The molecule has 0 aliphatic heterocycles. The van der Waals surface area contributed by atoms with E-state index in [2.05, 4.69) is 59.3 Å². The minimum atomic E-state index is -4.44. The average Bonchev–Trinajstić information content (AvgIpc) is 3.30. The summed E-state index contributed by atoms with van der Waals surface area (Å²) >= 11 is 6.77. The number of benzene rings is 3. The molecule has 0 unspecified atom stereocenters. The fourth-order valence-corrected chi connectivity index (χ4v) is 5.75. The number of nitrogens with one attached hydrogen (secondary N) is 2. The van der Waals surface area contributed by atoms with Gasteiger partial charge in [0.25, 0.3) is 0 Å². The van der Waals surface area contributed by atoms with E-state index in [1.54, 1.807) is 23.6 Å². The summed E-state index contributed by atoms with van der Waals surface area (Å²) in [4.78, 5) is 16.5. The Labute approximate surface area is 246 Å². The van der Waals surface area contributed by atoms with Crippen LogP contribution < -0.4 is 15.5 Å². The number of carbonyl (C=O) groups is 1. The van der Waals surface area contributed by atoms with Crippen molar-refractivity contribution in [1.29, 1.82) is 0 Å². The fraction of sp³-hybridized carbons (Fsp3) is 0.115. The van der Waals surface area contributed by atoms with E-state index in [0.717, 1.165) is 21.3 Å². The van der Waals surface area contributed by atoms with Crippen LogP contribution in [0.5, 0.6) is 5.75 Å². The summed E-state index contributed by atoms with van der Waals surface area (Å²) in [5.74, 6) is -0.0954. The second-order valence-electron chi connectivity index (χ2n) is 8.05. The van der Waals surface area contributed by atoms with Gasteiger partial charge in [0.15, 0.2) is 5.13 Å². The molecule has 0 spiro atoms. The van der Waals surface area contributed by atoms with E-state index in [1.807, 2.05) is 6.07 Å². The summed E-state index contributed by atoms with van der Waals surface area (Å²) in [5, 5.41) is 8.82. The molecular formula is C26H18BrF4IN4O2S. The summed E-state index contributed by atoms with van der Waals surface area (Å²) in [7, 11) is 0. The lowest BCUT2D eigenvalue weighted by Crippen LogP contribution is -2.20. The zero-order chi connectivity index (χ0) is 28.0. The summed E-state index contributed by atoms with van der Waals surface area (Å²) in [6.45, 7) is 0.270. The fourth-order valence-electron chi connectivity index (χ4n) is 3.25. The topological polar surface area (TPSA) is 75.6 Å². The largest absolute Gasteiger partial charge is 0.487 e. The molecule has 0 atom stereocenters. The van der Waals surface area contributed by atoms with Crippen molar-refractivity contribution in [2.24, 2.45) is 5.10 Å². The summed E-state index contributed by atoms with van der Waals surface area (Å²) < 4.78 is 59.2. The molecule has 1 heterocycles. The average molecular weight is 733 g/mol. The lowest BCUT2D eigenvalue weighted by atomic mass is 10.2. The van der Waals surface area contributed by atoms with Crippen molar-refractivity contribution in [3.63, 3.8) is 0 Å². The number of halogens is 6. The summed E-state index contributed by atoms with van der Waals surface area (Å²) in [5.41, 5.74) is 3.89. The van der Waals surface area contributed by atoms with Crippen LogP contribution in [0, 0.1) is 9.39 Å². The van der Waals surface area contributed by atoms with Crippen LogP contribution in [-0.4, -0.2) is 17.1 Å². The van der Waals surface area contributed by atoms with E-state index in [0.29, 0.717) is 26.6 Å². The van der Waals surface area contributed by atoms with Gasteiger partial charge in [-0.05, 0) is 92.1 Å². The first-order valence-corrected chi connectivity index (χ1v) is 13.9. The van der Waals surface area contributed by atoms with E-state index in [4.69, 9.17) is 4.74 Å². The third-order valence-corrected chi connectivity index (χ3v) is 7.25. The zero-order valence-corrected chi connectivity index (χ0v) is 24.3. The second kappa shape index (κ2) is 12.9. The molecular weight excluding hydrogens is 715 g/mol. The minimum Gasteiger partial charge on any atom is -0.487 e. The van der Waals surface area contributed by atoms with Gasteiger partial charge in [0.2, 0.25) is 5.91 Å². The molecule has 0 aliphatic carbocycles. The van der Waals surface area contributed by atoms with E-state index in [9.17, 15) is 22.4 Å². The highest BCUT2D eigenvalue weighted by Crippen LogP contribution is 2.33. The van der Waals surface area contributed by atoms with Gasteiger partial charge >= 0.3 is 6.18 Å². The van der Waals surface area contributed by atoms with Crippen molar-refractivity contribution >= 4 is 72.8 Å². The Balaban J connectivity index is 1.29. The molecule has 13 heteroatoms. The maximum Gasteiger partial charge on any atom is 0.416 e. The van der Waals surface area contributed by atoms with Gasteiger partial charge in [-0.2, -0.15) is 18.3 Å². The SMILES string of the molecule is O=C(Cc1csc(Nc2cccc(C(F)(F)F)c2)n1)N/N=C\c1cc(Br)c(OCc2ccc(F)cc2)c(I)c1. The first-order valence-electron chi connectivity index (χ1n) is 11.1. The van der Waals surface area contributed by atoms with E-state index in [1.165, 1.54) is 41.8 Å². The van der Waals surface area contributed by atoms with Gasteiger partial charge in [0, 0.05) is 11.1 Å². The van der Waals surface area contributed by atoms with Gasteiger partial charge in [-0.3, -0.25) is 4.79 Å². The van der Waals surface area contributed by atoms with Crippen molar-refractivity contribution in [3.8, 4) is 5.75 Å². The number of rotatable bonds is 9. The molecule has 2 N–H and O–H groups in total. The molecule has 0 saturated carbocycles. The predicted molar refractivity (Wildman–Crippen MR) is 154 cm³/mol. The molecule has 39 heavy (non-hydrogen) atoms. The van der Waals surface area contributed by atoms with Crippen LogP contribution in [0.15, 0.2) is 75.6 Å². The Morgan fingerprint density at radius 2 is 1.92 bits per heavy atom. The van der Waals surface area contributed by atoms with Crippen LogP contribution in [0.1, 0.15) is 22.4 Å². The molecule has 4 aromatic rings. The van der Waals surface area contributed by atoms with Crippen molar-refractivity contribution in [2.75, 3.05) is 5.32 Å². The number of ether oxygens (including phenoxy) is 1. The van der Waals surface area contributed by atoms with Crippen LogP contribution in [-0.2, 0) is 24.0 Å². The van der Waals surface area contributed by atoms with Crippen molar-refractivity contribution < 1.29 is 27.1 Å². The number of hydrogen-bond donors (Lipinski definition) is 2. The van der Waals surface area contributed by atoms with Gasteiger partial charge < -0.3 is 10.1 Å². The van der Waals surface area contributed by atoms with Crippen molar-refractivity contribution in [1.82, 2.24) is 10.4 Å². The molecule has 4 rings (SSSR count). The van der Waals surface area contributed by atoms with Gasteiger partial charge in [-0.15, -0.1) is 11.3 Å². The number of hydrogen-bond acceptors (Lipinski definition) is 6. The molecule has 1 aromatic heterocycles. The monoisotopic (exact) mass is 732 g/mol. The zero-order valence-electron chi connectivity index (χ0n) is 19.7. The molecule has 1 amide bonds. The highest BCUT2D eigenvalue weighted by Gasteiger charge is 2.30. The number of thiazole rings is 1. The maximum absolute atomic E-state index is 13.1. The Morgan fingerprint density at radius 1 is 1.15 bits per heavy atom. The Hall–Kier alpha value is -3.04. The number of anilines is 2. The standard InChI is InChI=1S/C26H18BrF4IN4O2S/c27-21-8-16(9-22(32)24(21)38-13-15-4-6-18(28)7-5-15)12-33-36-23(37)11-20-14-39-25(35-20)34-19-3-1-2-17(10-19)26(29,30)31/h1-10,12,14H,11,13H2,(H,34,35)(H,36,37)/b33-12-. The van der Waals surface area contributed by atoms with Gasteiger partial charge in [0.1, 0.15) is 18.2 Å². The lowest BCUT2D eigenvalue weighted by molar-refractivity contribution is -0.137. The molecule has 0 bridgehead atoms. The summed E-state index contributed by atoms with van der Waals surface area (Å²) in [6.07, 6.45) is -3.02. The number of hydrazone groups is 1. The molecule has 0 fully saturated rings. The van der Waals surface area contributed by atoms with Crippen molar-refractivity contribution in [2.45, 2.75) is 19.2 Å². The van der Waals surface area contributed by atoms with Crippen LogP contribution in [0.3, 0.4) is 0 Å². The number of amides is 1. The molecule has 0 aliphatic rings. The number of carbonyl (C=O) groups excluding carboxylic acids is 1. The third-order valence-electron chi connectivity index (χ3n) is 5.05. The minimum absolute atomic E-state index is 0.0600. The van der Waals surface area contributed by atoms with E-state index in [-0.39, 0.29) is 24.5 Å². The highest BCUT2D eigenvalue weighted by molar-refractivity contribution is 14.1.